The molecule has 0 bridgehead atoms. The van der Waals surface area contributed by atoms with Gasteiger partial charge in [-0.05, 0) is 39.2 Å². The summed E-state index contributed by atoms with van der Waals surface area (Å²) in [7, 11) is 0. The topological polar surface area (TPSA) is 46.5 Å². The number of hydrogen-bond donors (Lipinski definition) is 1. The van der Waals surface area contributed by atoms with Crippen molar-refractivity contribution in [1.29, 1.82) is 0 Å². The van der Waals surface area contributed by atoms with Crippen LogP contribution in [-0.4, -0.2) is 22.8 Å². The van der Waals surface area contributed by atoms with Crippen LogP contribution in [-0.2, 0) is 16.0 Å². The molecular formula is C18H26O3. The molecule has 3 heteroatoms. The van der Waals surface area contributed by atoms with Crippen LogP contribution in [0.1, 0.15) is 39.7 Å². The van der Waals surface area contributed by atoms with Gasteiger partial charge >= 0.3 is 5.97 Å². The molecule has 0 aliphatic rings. The molecule has 0 saturated heterocycles. The van der Waals surface area contributed by atoms with Crippen molar-refractivity contribution in [3.8, 4) is 0 Å². The molecule has 0 aliphatic heterocycles. The van der Waals surface area contributed by atoms with Gasteiger partial charge in [-0.1, -0.05) is 43.3 Å². The first-order chi connectivity index (χ1) is 9.81. The second-order valence-electron chi connectivity index (χ2n) is 6.22. The Labute approximate surface area is 127 Å². The fourth-order valence-corrected chi connectivity index (χ4v) is 2.06. The van der Waals surface area contributed by atoms with Crippen LogP contribution in [0.2, 0.25) is 0 Å². The van der Waals surface area contributed by atoms with Gasteiger partial charge in [0, 0.05) is 12.0 Å². The molecule has 1 aromatic carbocycles. The molecule has 0 spiro atoms. The largest absolute Gasteiger partial charge is 0.457 e. The molecule has 21 heavy (non-hydrogen) atoms. The summed E-state index contributed by atoms with van der Waals surface area (Å²) < 4.78 is 5.24. The van der Waals surface area contributed by atoms with Crippen LogP contribution in [0.3, 0.4) is 0 Å². The predicted octanol–water partition coefficient (Wildman–Crippen LogP) is 3.51. The van der Waals surface area contributed by atoms with E-state index < -0.39 is 11.7 Å². The molecule has 2 atom stereocenters. The number of benzene rings is 1. The third kappa shape index (κ3) is 7.09. The van der Waals surface area contributed by atoms with E-state index in [9.17, 15) is 9.90 Å². The fraction of sp³-hybridized carbons (Fsp3) is 0.500. The number of carbonyl (C=O) groups excluding carboxylic acids is 1. The zero-order valence-corrected chi connectivity index (χ0v) is 13.4. The van der Waals surface area contributed by atoms with Crippen LogP contribution < -0.4 is 0 Å². The average Bonchev–Trinajstić information content (AvgIpc) is 2.41. The van der Waals surface area contributed by atoms with Gasteiger partial charge in [-0.15, -0.1) is 0 Å². The van der Waals surface area contributed by atoms with E-state index in [1.54, 1.807) is 6.08 Å². The van der Waals surface area contributed by atoms with Crippen LogP contribution >= 0.6 is 0 Å². The van der Waals surface area contributed by atoms with E-state index in [0.717, 1.165) is 5.56 Å². The number of aliphatic hydroxyl groups is 1. The molecular weight excluding hydrogens is 264 g/mol. The number of hydrogen-bond acceptors (Lipinski definition) is 3. The number of aliphatic hydroxyl groups excluding tert-OH is 1. The van der Waals surface area contributed by atoms with Gasteiger partial charge < -0.3 is 9.84 Å². The van der Waals surface area contributed by atoms with Crippen molar-refractivity contribution in [2.75, 3.05) is 0 Å². The van der Waals surface area contributed by atoms with Gasteiger partial charge in [0.05, 0.1) is 6.10 Å². The minimum Gasteiger partial charge on any atom is -0.457 e. The Bertz CT molecular complexity index is 457. The van der Waals surface area contributed by atoms with Crippen molar-refractivity contribution in [3.05, 3.63) is 48.0 Å². The Morgan fingerprint density at radius 1 is 1.29 bits per heavy atom. The van der Waals surface area contributed by atoms with Crippen molar-refractivity contribution < 1.29 is 14.6 Å². The van der Waals surface area contributed by atoms with Gasteiger partial charge in [-0.2, -0.15) is 0 Å². The fourth-order valence-electron chi connectivity index (χ4n) is 2.06. The maximum atomic E-state index is 11.7. The second kappa shape index (κ2) is 7.99. The van der Waals surface area contributed by atoms with E-state index in [4.69, 9.17) is 4.74 Å². The maximum Gasteiger partial charge on any atom is 0.330 e. The Hall–Kier alpha value is -1.61. The van der Waals surface area contributed by atoms with Gasteiger partial charge in [0.25, 0.3) is 0 Å². The lowest BCUT2D eigenvalue weighted by Gasteiger charge is -2.20. The Morgan fingerprint density at radius 2 is 1.90 bits per heavy atom. The standard InChI is InChI=1S/C18H26O3/c1-5-16(19)15(13-14-9-7-6-8-10-14)11-12-17(20)21-18(2,3)4/h6-12,15-16,19H,5,13H2,1-4H3/t15-,16-/m0/s1. The van der Waals surface area contributed by atoms with Crippen molar-refractivity contribution in [2.24, 2.45) is 5.92 Å². The number of esters is 1. The smallest absolute Gasteiger partial charge is 0.330 e. The lowest BCUT2D eigenvalue weighted by Crippen LogP contribution is -2.24. The first-order valence-corrected chi connectivity index (χ1v) is 7.45. The lowest BCUT2D eigenvalue weighted by atomic mass is 9.92. The molecule has 0 fully saturated rings. The molecule has 1 rings (SSSR count). The van der Waals surface area contributed by atoms with Crippen molar-refractivity contribution in [2.45, 2.75) is 52.2 Å². The van der Waals surface area contributed by atoms with E-state index in [1.165, 1.54) is 6.08 Å². The minimum absolute atomic E-state index is 0.0927. The van der Waals surface area contributed by atoms with Gasteiger partial charge in [0.1, 0.15) is 5.60 Å². The van der Waals surface area contributed by atoms with E-state index in [-0.39, 0.29) is 11.9 Å². The molecule has 116 valence electrons. The number of carbonyl (C=O) groups is 1. The van der Waals surface area contributed by atoms with Crippen molar-refractivity contribution in [1.82, 2.24) is 0 Å². The molecule has 0 aromatic heterocycles. The lowest BCUT2D eigenvalue weighted by molar-refractivity contribution is -0.148. The summed E-state index contributed by atoms with van der Waals surface area (Å²) >= 11 is 0. The van der Waals surface area contributed by atoms with E-state index in [2.05, 4.69) is 0 Å². The monoisotopic (exact) mass is 290 g/mol. The predicted molar refractivity (Wildman–Crippen MR) is 84.9 cm³/mol. The van der Waals surface area contributed by atoms with Crippen LogP contribution in [0.25, 0.3) is 0 Å². The molecule has 0 radical (unpaired) electrons. The molecule has 3 nitrogen and oxygen atoms in total. The van der Waals surface area contributed by atoms with Crippen molar-refractivity contribution in [3.63, 3.8) is 0 Å². The van der Waals surface area contributed by atoms with Crippen LogP contribution in [0.5, 0.6) is 0 Å². The average molecular weight is 290 g/mol. The molecule has 0 heterocycles. The normalized spacial score (nSPS) is 14.9. The Morgan fingerprint density at radius 3 is 2.43 bits per heavy atom. The highest BCUT2D eigenvalue weighted by atomic mass is 16.6. The molecule has 0 unspecified atom stereocenters. The van der Waals surface area contributed by atoms with E-state index >= 15 is 0 Å². The molecule has 0 amide bonds. The van der Waals surface area contributed by atoms with Gasteiger partial charge in [0.2, 0.25) is 0 Å². The molecule has 1 N–H and O–H groups in total. The number of rotatable bonds is 6. The van der Waals surface area contributed by atoms with E-state index in [0.29, 0.717) is 12.8 Å². The number of ether oxygens (including phenoxy) is 1. The second-order valence-corrected chi connectivity index (χ2v) is 6.22. The molecule has 1 aromatic rings. The summed E-state index contributed by atoms with van der Waals surface area (Å²) in [6.07, 6.45) is 4.07. The Balaban J connectivity index is 2.72. The summed E-state index contributed by atoms with van der Waals surface area (Å²) in [6, 6.07) is 9.96. The maximum absolute atomic E-state index is 11.7. The summed E-state index contributed by atoms with van der Waals surface area (Å²) in [4.78, 5) is 11.7. The zero-order valence-electron chi connectivity index (χ0n) is 13.4. The third-order valence-electron chi connectivity index (χ3n) is 3.11. The van der Waals surface area contributed by atoms with E-state index in [1.807, 2.05) is 58.0 Å². The third-order valence-corrected chi connectivity index (χ3v) is 3.11. The SMILES string of the molecule is CC[C@H](O)[C@@H](C=CC(=O)OC(C)(C)C)Cc1ccccc1. The summed E-state index contributed by atoms with van der Waals surface area (Å²) in [5.41, 5.74) is 0.642. The zero-order chi connectivity index (χ0) is 15.9. The quantitative estimate of drug-likeness (QED) is 0.644. The highest BCUT2D eigenvalue weighted by molar-refractivity contribution is 5.82. The van der Waals surface area contributed by atoms with Crippen molar-refractivity contribution >= 4 is 5.97 Å². The van der Waals surface area contributed by atoms with Crippen LogP contribution in [0, 0.1) is 5.92 Å². The summed E-state index contributed by atoms with van der Waals surface area (Å²) in [5.74, 6) is -0.464. The Kier molecular flexibility index (Phi) is 6.63. The highest BCUT2D eigenvalue weighted by Crippen LogP contribution is 2.17. The van der Waals surface area contributed by atoms with Gasteiger partial charge in [-0.3, -0.25) is 0 Å². The van der Waals surface area contributed by atoms with Crippen LogP contribution in [0.15, 0.2) is 42.5 Å². The van der Waals surface area contributed by atoms with Gasteiger partial charge in [-0.25, -0.2) is 4.79 Å². The highest BCUT2D eigenvalue weighted by Gasteiger charge is 2.18. The molecule has 0 aliphatic carbocycles. The van der Waals surface area contributed by atoms with Gasteiger partial charge in [0.15, 0.2) is 0 Å². The summed E-state index contributed by atoms with van der Waals surface area (Å²) in [6.45, 7) is 7.44. The minimum atomic E-state index is -0.500. The summed E-state index contributed by atoms with van der Waals surface area (Å²) in [5, 5.41) is 10.1. The molecule has 0 saturated carbocycles. The first kappa shape index (κ1) is 17.4. The van der Waals surface area contributed by atoms with Crippen LogP contribution in [0.4, 0.5) is 0 Å². The first-order valence-electron chi connectivity index (χ1n) is 7.45.